The zero-order valence-corrected chi connectivity index (χ0v) is 14.4. The molecule has 0 aliphatic carbocycles. The van der Waals surface area contributed by atoms with E-state index in [-0.39, 0.29) is 11.6 Å². The van der Waals surface area contributed by atoms with Gasteiger partial charge in [-0.1, -0.05) is 0 Å². The third kappa shape index (κ3) is 3.65. The minimum absolute atomic E-state index is 0.0671. The summed E-state index contributed by atoms with van der Waals surface area (Å²) in [6.45, 7) is 2.28. The second-order valence-electron chi connectivity index (χ2n) is 6.00. The highest BCUT2D eigenvalue weighted by molar-refractivity contribution is 7.10. The number of aromatic nitrogens is 2. The van der Waals surface area contributed by atoms with Gasteiger partial charge >= 0.3 is 0 Å². The Morgan fingerprint density at radius 3 is 3.12 bits per heavy atom. The Hall–Kier alpha value is -2.19. The molecular weight excluding hydrogens is 326 g/mol. The molecule has 1 aliphatic rings. The molecule has 0 radical (unpaired) electrons. The van der Waals surface area contributed by atoms with Crippen molar-refractivity contribution in [3.63, 3.8) is 0 Å². The molecule has 1 amide bonds. The monoisotopic (exact) mass is 347 g/mol. The first-order valence-electron chi connectivity index (χ1n) is 7.92. The highest BCUT2D eigenvalue weighted by Gasteiger charge is 2.22. The van der Waals surface area contributed by atoms with E-state index >= 15 is 0 Å². The topological polar surface area (TPSA) is 93.2 Å². The molecule has 7 nitrogen and oxygen atoms in total. The van der Waals surface area contributed by atoms with Crippen LogP contribution in [0.25, 0.3) is 0 Å². The van der Waals surface area contributed by atoms with Crippen molar-refractivity contribution in [2.75, 3.05) is 18.0 Å². The number of hydrogen-bond donors (Lipinski definition) is 2. The normalized spacial score (nSPS) is 17.9. The number of aryl methyl sites for hydroxylation is 1. The Morgan fingerprint density at radius 2 is 2.38 bits per heavy atom. The van der Waals surface area contributed by atoms with Crippen LogP contribution >= 0.6 is 11.3 Å². The summed E-state index contributed by atoms with van der Waals surface area (Å²) in [6.07, 6.45) is 5.38. The number of rotatable bonds is 5. The van der Waals surface area contributed by atoms with Crippen LogP contribution in [0.3, 0.4) is 0 Å². The lowest BCUT2D eigenvalue weighted by molar-refractivity contribution is 0.100. The number of carbonyl (C=O) groups excluding carboxylic acids is 1. The molecule has 1 fully saturated rings. The molecule has 3 N–H and O–H groups in total. The Kier molecular flexibility index (Phi) is 4.96. The average molecular weight is 347 g/mol. The number of nitrogens with zero attached hydrogens (tertiary/aromatic N) is 3. The summed E-state index contributed by atoms with van der Waals surface area (Å²) in [6, 6.07) is 2.11. The van der Waals surface area contributed by atoms with Gasteiger partial charge in [-0.05, 0) is 18.9 Å². The van der Waals surface area contributed by atoms with Gasteiger partial charge in [-0.2, -0.15) is 0 Å². The second-order valence-corrected chi connectivity index (χ2v) is 6.99. The van der Waals surface area contributed by atoms with E-state index in [9.17, 15) is 9.59 Å². The van der Waals surface area contributed by atoms with E-state index in [0.29, 0.717) is 17.9 Å². The number of primary amides is 1. The summed E-state index contributed by atoms with van der Waals surface area (Å²) >= 11 is 1.53. The van der Waals surface area contributed by atoms with Gasteiger partial charge in [0.05, 0.1) is 5.56 Å². The lowest BCUT2D eigenvalue weighted by Crippen LogP contribution is -2.47. The van der Waals surface area contributed by atoms with Crippen molar-refractivity contribution >= 4 is 23.1 Å². The van der Waals surface area contributed by atoms with E-state index in [1.54, 1.807) is 29.4 Å². The molecule has 24 heavy (non-hydrogen) atoms. The van der Waals surface area contributed by atoms with Crippen LogP contribution in [0.15, 0.2) is 28.6 Å². The van der Waals surface area contributed by atoms with Gasteiger partial charge in [-0.15, -0.1) is 11.3 Å². The molecule has 3 rings (SSSR count). The maximum Gasteiger partial charge on any atom is 0.293 e. The van der Waals surface area contributed by atoms with Crippen LogP contribution in [0, 0.1) is 0 Å². The van der Waals surface area contributed by atoms with Crippen LogP contribution in [0.5, 0.6) is 0 Å². The summed E-state index contributed by atoms with van der Waals surface area (Å²) in [5.74, 6) is 0.117. The molecule has 0 unspecified atom stereocenters. The van der Waals surface area contributed by atoms with Gasteiger partial charge in [0.2, 0.25) is 5.91 Å². The number of thiophene rings is 1. The molecule has 2 aromatic rings. The Labute approximate surface area is 144 Å². The van der Waals surface area contributed by atoms with Crippen molar-refractivity contribution in [2.45, 2.75) is 25.4 Å². The van der Waals surface area contributed by atoms with Gasteiger partial charge in [-0.25, -0.2) is 4.98 Å². The Morgan fingerprint density at radius 1 is 1.54 bits per heavy atom. The van der Waals surface area contributed by atoms with Crippen LogP contribution in [-0.4, -0.2) is 34.6 Å². The van der Waals surface area contributed by atoms with E-state index < -0.39 is 5.91 Å². The largest absolute Gasteiger partial charge is 0.366 e. The zero-order chi connectivity index (χ0) is 17.1. The van der Waals surface area contributed by atoms with Crippen LogP contribution in [0.2, 0.25) is 0 Å². The van der Waals surface area contributed by atoms with Crippen LogP contribution in [0.1, 0.15) is 28.1 Å². The summed E-state index contributed by atoms with van der Waals surface area (Å²) < 4.78 is 1.55. The summed E-state index contributed by atoms with van der Waals surface area (Å²) in [5.41, 5.74) is 5.76. The number of hydrogen-bond acceptors (Lipinski definition) is 6. The fourth-order valence-electron chi connectivity index (χ4n) is 2.89. The highest BCUT2D eigenvalue weighted by atomic mass is 32.1. The molecule has 2 aromatic heterocycles. The highest BCUT2D eigenvalue weighted by Crippen LogP contribution is 2.17. The Bertz CT molecular complexity index is 785. The lowest BCUT2D eigenvalue weighted by atomic mass is 10.1. The molecular formula is C16H21N5O2S. The van der Waals surface area contributed by atoms with E-state index in [1.165, 1.54) is 11.3 Å². The minimum atomic E-state index is -0.396. The first-order valence-corrected chi connectivity index (χ1v) is 8.79. The fourth-order valence-corrected chi connectivity index (χ4v) is 3.71. The first-order chi connectivity index (χ1) is 11.5. The molecule has 1 saturated heterocycles. The molecule has 3 heterocycles. The number of nitrogens with one attached hydrogen (secondary N) is 1. The quantitative estimate of drug-likeness (QED) is 0.830. The Balaban J connectivity index is 1.62. The van der Waals surface area contributed by atoms with Gasteiger partial charge in [0.1, 0.15) is 0 Å². The van der Waals surface area contributed by atoms with Crippen molar-refractivity contribution in [3.8, 4) is 0 Å². The van der Waals surface area contributed by atoms with Gasteiger partial charge in [-0.3, -0.25) is 9.59 Å². The van der Waals surface area contributed by atoms with E-state index in [4.69, 9.17) is 5.73 Å². The predicted molar refractivity (Wildman–Crippen MR) is 94.4 cm³/mol. The average Bonchev–Trinajstić information content (AvgIpc) is 3.05. The molecule has 0 spiro atoms. The maximum atomic E-state index is 12.2. The van der Waals surface area contributed by atoms with E-state index in [2.05, 4.69) is 10.3 Å². The molecule has 8 heteroatoms. The molecule has 1 aliphatic heterocycles. The number of anilines is 1. The standard InChI is InChI=1S/C16H21N5O2S/c1-20-6-4-18-15(16(20)23)21-5-2-3-12(9-21)19-8-13-7-11(10-24-13)14(17)22/h4,6-7,10,12,19H,2-3,5,8-9H2,1H3,(H2,17,22)/t12-/m0/s1. The SMILES string of the molecule is Cn1ccnc(N2CCC[C@H](NCc3cc(C(N)=O)cs3)C2)c1=O. The van der Waals surface area contributed by atoms with Gasteiger partial charge in [0.15, 0.2) is 5.82 Å². The van der Waals surface area contributed by atoms with Gasteiger partial charge in [0.25, 0.3) is 5.56 Å². The zero-order valence-electron chi connectivity index (χ0n) is 13.6. The predicted octanol–water partition coefficient (Wildman–Crippen LogP) is 0.699. The molecule has 0 saturated carbocycles. The van der Waals surface area contributed by atoms with E-state index in [1.807, 2.05) is 11.0 Å². The number of amides is 1. The summed E-state index contributed by atoms with van der Waals surface area (Å²) in [4.78, 5) is 30.7. The summed E-state index contributed by atoms with van der Waals surface area (Å²) in [5, 5.41) is 5.29. The number of carbonyl (C=O) groups is 1. The van der Waals surface area contributed by atoms with Crippen molar-refractivity contribution < 1.29 is 4.79 Å². The first kappa shape index (κ1) is 16.7. The minimum Gasteiger partial charge on any atom is -0.366 e. The summed E-state index contributed by atoms with van der Waals surface area (Å²) in [7, 11) is 1.74. The second kappa shape index (κ2) is 7.14. The molecule has 1 atom stereocenters. The van der Waals surface area contributed by atoms with Gasteiger partial charge < -0.3 is 20.5 Å². The van der Waals surface area contributed by atoms with Crippen LogP contribution < -0.4 is 21.5 Å². The van der Waals surface area contributed by atoms with Crippen LogP contribution in [-0.2, 0) is 13.6 Å². The van der Waals surface area contributed by atoms with E-state index in [0.717, 1.165) is 30.8 Å². The van der Waals surface area contributed by atoms with Crippen molar-refractivity contribution in [3.05, 3.63) is 44.6 Å². The maximum absolute atomic E-state index is 12.2. The molecule has 128 valence electrons. The smallest absolute Gasteiger partial charge is 0.293 e. The number of nitrogens with two attached hydrogens (primary N) is 1. The van der Waals surface area contributed by atoms with Crippen molar-refractivity contribution in [1.82, 2.24) is 14.9 Å². The molecule has 0 aromatic carbocycles. The fraction of sp³-hybridized carbons (Fsp3) is 0.438. The van der Waals surface area contributed by atoms with Gasteiger partial charge in [0, 0.05) is 55.4 Å². The van der Waals surface area contributed by atoms with Crippen molar-refractivity contribution in [2.24, 2.45) is 12.8 Å². The lowest BCUT2D eigenvalue weighted by Gasteiger charge is -2.33. The molecule has 0 bridgehead atoms. The van der Waals surface area contributed by atoms with Crippen molar-refractivity contribution in [1.29, 1.82) is 0 Å². The third-order valence-corrected chi connectivity index (χ3v) is 5.16. The number of piperidine rings is 1. The third-order valence-electron chi connectivity index (χ3n) is 4.22. The van der Waals surface area contributed by atoms with Crippen LogP contribution in [0.4, 0.5) is 5.82 Å².